The van der Waals surface area contributed by atoms with E-state index in [-0.39, 0.29) is 19.5 Å². The first kappa shape index (κ1) is 8.44. The van der Waals surface area contributed by atoms with Crippen LogP contribution in [0.5, 0.6) is 0 Å². The second-order valence-corrected chi connectivity index (χ2v) is 1.31. The molecule has 0 aliphatic carbocycles. The van der Waals surface area contributed by atoms with Crippen LogP contribution >= 0.6 is 0 Å². The van der Waals surface area contributed by atoms with Crippen LogP contribution in [0.3, 0.4) is 0 Å². The van der Waals surface area contributed by atoms with Crippen LogP contribution in [0.1, 0.15) is 10.5 Å². The summed E-state index contributed by atoms with van der Waals surface area (Å²) in [6, 6.07) is 4.99. The van der Waals surface area contributed by atoms with Gasteiger partial charge in [-0.25, -0.2) is 0 Å². The molecule has 1 heterocycles. The van der Waals surface area contributed by atoms with Gasteiger partial charge in [0.2, 0.25) is 0 Å². The number of pyridine rings is 1. The SMILES string of the molecule is O=Cc1ccc[c-]n1.[Rh]. The monoisotopic (exact) mass is 209 g/mol. The number of rotatable bonds is 1. The fraction of sp³-hybridized carbons (Fsp3) is 0. The van der Waals surface area contributed by atoms with Gasteiger partial charge in [-0.3, -0.25) is 0 Å². The molecule has 0 saturated carbocycles. The molecule has 0 fully saturated rings. The van der Waals surface area contributed by atoms with Crippen LogP contribution in [-0.4, -0.2) is 11.3 Å². The molecular formula is C6H4NORh-. The fourth-order valence-corrected chi connectivity index (χ4v) is 0.404. The van der Waals surface area contributed by atoms with E-state index in [9.17, 15) is 4.79 Å². The minimum absolute atomic E-state index is 0. The van der Waals surface area contributed by atoms with Crippen molar-refractivity contribution in [3.8, 4) is 0 Å². The van der Waals surface area contributed by atoms with Crippen LogP contribution in [0.25, 0.3) is 0 Å². The van der Waals surface area contributed by atoms with Crippen molar-refractivity contribution in [3.05, 3.63) is 30.1 Å². The molecule has 0 saturated heterocycles. The Morgan fingerprint density at radius 1 is 1.67 bits per heavy atom. The molecule has 1 aromatic rings. The van der Waals surface area contributed by atoms with Crippen molar-refractivity contribution in [2.45, 2.75) is 0 Å². The van der Waals surface area contributed by atoms with Crippen molar-refractivity contribution in [2.75, 3.05) is 0 Å². The molecule has 1 radical (unpaired) electrons. The summed E-state index contributed by atoms with van der Waals surface area (Å²) in [6.07, 6.45) is 3.22. The summed E-state index contributed by atoms with van der Waals surface area (Å²) in [5.41, 5.74) is 0.424. The van der Waals surface area contributed by atoms with Crippen LogP contribution in [-0.2, 0) is 19.5 Å². The predicted molar refractivity (Wildman–Crippen MR) is 28.5 cm³/mol. The zero-order chi connectivity index (χ0) is 5.82. The normalized spacial score (nSPS) is 7.56. The maximum absolute atomic E-state index is 9.92. The molecule has 2 nitrogen and oxygen atoms in total. The second-order valence-electron chi connectivity index (χ2n) is 1.31. The maximum atomic E-state index is 9.92. The van der Waals surface area contributed by atoms with Crippen LogP contribution in [0.15, 0.2) is 18.2 Å². The third-order valence-corrected chi connectivity index (χ3v) is 0.752. The summed E-state index contributed by atoms with van der Waals surface area (Å²) < 4.78 is 0. The summed E-state index contributed by atoms with van der Waals surface area (Å²) >= 11 is 0. The number of hydrogen-bond donors (Lipinski definition) is 0. The van der Waals surface area contributed by atoms with Gasteiger partial charge in [0.1, 0.15) is 6.29 Å². The Kier molecular flexibility index (Phi) is 4.07. The smallest absolute Gasteiger partial charge is 0.113 e. The van der Waals surface area contributed by atoms with Gasteiger partial charge in [-0.1, -0.05) is 6.20 Å². The van der Waals surface area contributed by atoms with Crippen LogP contribution in [0.4, 0.5) is 0 Å². The Bertz CT molecular complexity index is 176. The molecule has 1 aromatic heterocycles. The zero-order valence-corrected chi connectivity index (χ0v) is 6.14. The number of hydrogen-bond acceptors (Lipinski definition) is 2. The third kappa shape index (κ3) is 2.47. The molecule has 0 amide bonds. The second kappa shape index (κ2) is 4.33. The van der Waals surface area contributed by atoms with E-state index in [0.29, 0.717) is 12.0 Å². The average Bonchev–Trinajstić information content (AvgIpc) is 1.90. The Hall–Kier alpha value is -0.557. The molecule has 0 aliphatic rings. The van der Waals surface area contributed by atoms with Crippen molar-refractivity contribution < 1.29 is 24.3 Å². The van der Waals surface area contributed by atoms with Crippen molar-refractivity contribution in [2.24, 2.45) is 0 Å². The molecule has 0 bridgehead atoms. The Balaban J connectivity index is 0.000000640. The summed E-state index contributed by atoms with van der Waals surface area (Å²) in [7, 11) is 0. The Labute approximate surface area is 66.1 Å². The molecule has 0 N–H and O–H groups in total. The van der Waals surface area contributed by atoms with Gasteiger partial charge >= 0.3 is 0 Å². The van der Waals surface area contributed by atoms with Gasteiger partial charge in [-0.2, -0.15) is 12.1 Å². The fourth-order valence-electron chi connectivity index (χ4n) is 0.404. The topological polar surface area (TPSA) is 30.0 Å². The van der Waals surface area contributed by atoms with E-state index in [4.69, 9.17) is 0 Å². The van der Waals surface area contributed by atoms with E-state index in [1.54, 1.807) is 18.2 Å². The number of aromatic nitrogens is 1. The number of carbonyl (C=O) groups is 1. The van der Waals surface area contributed by atoms with Gasteiger partial charge in [-0.15, -0.1) is 6.07 Å². The average molecular weight is 209 g/mol. The first-order valence-corrected chi connectivity index (χ1v) is 2.22. The van der Waals surface area contributed by atoms with Gasteiger partial charge < -0.3 is 9.78 Å². The first-order valence-electron chi connectivity index (χ1n) is 2.22. The third-order valence-electron chi connectivity index (χ3n) is 0.752. The van der Waals surface area contributed by atoms with Crippen LogP contribution in [0, 0.1) is 6.20 Å². The first-order chi connectivity index (χ1) is 3.93. The standard InChI is InChI=1S/C6H4NO.Rh/c8-5-6-3-1-2-4-7-6;/h1-3,5H;/q-1;. The molecule has 0 spiro atoms. The maximum Gasteiger partial charge on any atom is 0.113 e. The van der Waals surface area contributed by atoms with Crippen molar-refractivity contribution in [1.82, 2.24) is 4.98 Å². The minimum atomic E-state index is 0. The van der Waals surface area contributed by atoms with Crippen molar-refractivity contribution in [3.63, 3.8) is 0 Å². The molecule has 3 heteroatoms. The van der Waals surface area contributed by atoms with Gasteiger partial charge in [0.25, 0.3) is 0 Å². The molecule has 0 aromatic carbocycles. The van der Waals surface area contributed by atoms with Crippen LogP contribution in [0.2, 0.25) is 0 Å². The van der Waals surface area contributed by atoms with E-state index in [1.165, 1.54) is 0 Å². The van der Waals surface area contributed by atoms with Crippen molar-refractivity contribution >= 4 is 6.29 Å². The molecule has 0 unspecified atom stereocenters. The Morgan fingerprint density at radius 2 is 2.44 bits per heavy atom. The molecule has 0 atom stereocenters. The van der Waals surface area contributed by atoms with Crippen molar-refractivity contribution in [1.29, 1.82) is 0 Å². The van der Waals surface area contributed by atoms with E-state index in [1.807, 2.05) is 0 Å². The largest absolute Gasteiger partial charge is 0.383 e. The van der Waals surface area contributed by atoms with E-state index < -0.39 is 0 Å². The number of carbonyl (C=O) groups excluding carboxylic acids is 1. The Morgan fingerprint density at radius 3 is 2.78 bits per heavy atom. The van der Waals surface area contributed by atoms with E-state index in [0.717, 1.165) is 0 Å². The minimum Gasteiger partial charge on any atom is -0.383 e. The van der Waals surface area contributed by atoms with Gasteiger partial charge in [-0.05, 0) is 5.69 Å². The van der Waals surface area contributed by atoms with Gasteiger partial charge in [0.05, 0.1) is 0 Å². The molecular weight excluding hydrogens is 205 g/mol. The molecule has 1 rings (SSSR count). The molecule has 49 valence electrons. The summed E-state index contributed by atoms with van der Waals surface area (Å²) in [4.78, 5) is 13.5. The van der Waals surface area contributed by atoms with Gasteiger partial charge in [0, 0.05) is 19.5 Å². The number of aldehydes is 1. The zero-order valence-electron chi connectivity index (χ0n) is 4.50. The van der Waals surface area contributed by atoms with E-state index in [2.05, 4.69) is 11.2 Å². The molecule has 9 heavy (non-hydrogen) atoms. The summed E-state index contributed by atoms with van der Waals surface area (Å²) in [5, 5.41) is 0. The van der Waals surface area contributed by atoms with E-state index >= 15 is 0 Å². The summed E-state index contributed by atoms with van der Waals surface area (Å²) in [5.74, 6) is 0. The summed E-state index contributed by atoms with van der Waals surface area (Å²) in [6.45, 7) is 0. The van der Waals surface area contributed by atoms with Gasteiger partial charge in [0.15, 0.2) is 0 Å². The molecule has 0 aliphatic heterocycles. The quantitative estimate of drug-likeness (QED) is 0.387. The number of nitrogens with zero attached hydrogens (tertiary/aromatic N) is 1. The van der Waals surface area contributed by atoms with Crippen LogP contribution < -0.4 is 0 Å². The predicted octanol–water partition coefficient (Wildman–Crippen LogP) is 0.692.